The lowest BCUT2D eigenvalue weighted by Gasteiger charge is -2.34. The van der Waals surface area contributed by atoms with Crippen molar-refractivity contribution in [3.8, 4) is 0 Å². The highest BCUT2D eigenvalue weighted by molar-refractivity contribution is 7.89. The van der Waals surface area contributed by atoms with Gasteiger partial charge in [-0.05, 0) is 25.8 Å². The van der Waals surface area contributed by atoms with Crippen LogP contribution < -0.4 is 5.32 Å². The van der Waals surface area contributed by atoms with Crippen LogP contribution in [0.2, 0.25) is 0 Å². The van der Waals surface area contributed by atoms with Gasteiger partial charge < -0.3 is 5.32 Å². The number of nitrogens with zero attached hydrogens (tertiary/aromatic N) is 1. The third-order valence-corrected chi connectivity index (χ3v) is 6.27. The van der Waals surface area contributed by atoms with E-state index in [0.717, 1.165) is 38.9 Å². The van der Waals surface area contributed by atoms with Crippen molar-refractivity contribution in [3.63, 3.8) is 0 Å². The quantitative estimate of drug-likeness (QED) is 0.698. The first kappa shape index (κ1) is 10.1. The highest BCUT2D eigenvalue weighted by atomic mass is 32.2. The first-order chi connectivity index (χ1) is 7.11. The van der Waals surface area contributed by atoms with Gasteiger partial charge in [0.1, 0.15) is 0 Å². The molecule has 1 saturated carbocycles. The van der Waals surface area contributed by atoms with Crippen molar-refractivity contribution in [2.45, 2.75) is 31.7 Å². The summed E-state index contributed by atoms with van der Waals surface area (Å²) in [6.45, 7) is 2.64. The molecule has 1 aliphatic carbocycles. The van der Waals surface area contributed by atoms with Gasteiger partial charge in [0.2, 0.25) is 10.0 Å². The van der Waals surface area contributed by atoms with E-state index in [0.29, 0.717) is 11.8 Å². The molecule has 1 unspecified atom stereocenters. The van der Waals surface area contributed by atoms with Gasteiger partial charge in [0.15, 0.2) is 0 Å². The molecule has 0 aromatic heterocycles. The Bertz CT molecular complexity index is 356. The molecule has 1 spiro atoms. The summed E-state index contributed by atoms with van der Waals surface area (Å²) in [5.74, 6) is 0.378. The average Bonchev–Trinajstić information content (AvgIpc) is 2.56. The van der Waals surface area contributed by atoms with E-state index in [1.165, 1.54) is 6.42 Å². The molecule has 0 radical (unpaired) electrons. The van der Waals surface area contributed by atoms with Crippen molar-refractivity contribution in [1.29, 1.82) is 0 Å². The van der Waals surface area contributed by atoms with Crippen LogP contribution in [0.15, 0.2) is 0 Å². The van der Waals surface area contributed by atoms with Crippen molar-refractivity contribution >= 4 is 10.0 Å². The monoisotopic (exact) mass is 230 g/mol. The predicted octanol–water partition coefficient (Wildman–Crippen LogP) is 0.164. The van der Waals surface area contributed by atoms with Gasteiger partial charge in [0.05, 0.1) is 5.75 Å². The summed E-state index contributed by atoms with van der Waals surface area (Å²) in [5, 5.41) is 3.30. The van der Waals surface area contributed by atoms with Crippen LogP contribution in [0.3, 0.4) is 0 Å². The molecule has 2 heterocycles. The summed E-state index contributed by atoms with van der Waals surface area (Å²) in [4.78, 5) is 0. The van der Waals surface area contributed by atoms with E-state index in [2.05, 4.69) is 5.32 Å². The molecule has 0 bridgehead atoms. The second kappa shape index (κ2) is 3.18. The molecular formula is C10H18N2O2S. The molecule has 0 aromatic rings. The summed E-state index contributed by atoms with van der Waals surface area (Å²) < 4.78 is 25.9. The highest BCUT2D eigenvalue weighted by Gasteiger charge is 2.51. The molecule has 3 rings (SSSR count). The standard InChI is InChI=1S/C10H18N2O2S/c13-15(14)8-10(4-5-11-6-10)7-12(15)9-2-1-3-9/h9,11H,1-8H2. The normalized spacial score (nSPS) is 41.1. The molecule has 3 aliphatic rings. The molecule has 2 saturated heterocycles. The average molecular weight is 230 g/mol. The highest BCUT2D eigenvalue weighted by Crippen LogP contribution is 2.40. The van der Waals surface area contributed by atoms with Gasteiger partial charge in [-0.3, -0.25) is 0 Å². The number of sulfonamides is 1. The molecule has 5 heteroatoms. The Hall–Kier alpha value is -0.130. The van der Waals surface area contributed by atoms with Gasteiger partial charge in [0.25, 0.3) is 0 Å². The minimum atomic E-state index is -2.95. The largest absolute Gasteiger partial charge is 0.316 e. The third-order valence-electron chi connectivity index (χ3n) is 4.15. The van der Waals surface area contributed by atoms with Crippen LogP contribution in [0, 0.1) is 5.41 Å². The maximum absolute atomic E-state index is 12.1. The molecule has 1 atom stereocenters. The fourth-order valence-corrected chi connectivity index (χ4v) is 5.44. The first-order valence-corrected chi connectivity index (χ1v) is 7.43. The molecule has 4 nitrogen and oxygen atoms in total. The summed E-state index contributed by atoms with van der Waals surface area (Å²) in [6, 6.07) is 0.329. The number of hydrogen-bond donors (Lipinski definition) is 1. The second-order valence-electron chi connectivity index (χ2n) is 5.31. The Morgan fingerprint density at radius 3 is 2.67 bits per heavy atom. The molecule has 1 N–H and O–H groups in total. The number of rotatable bonds is 1. The van der Waals surface area contributed by atoms with Crippen molar-refractivity contribution in [2.24, 2.45) is 5.41 Å². The van der Waals surface area contributed by atoms with Gasteiger partial charge in [-0.1, -0.05) is 6.42 Å². The van der Waals surface area contributed by atoms with Crippen molar-refractivity contribution in [1.82, 2.24) is 9.62 Å². The van der Waals surface area contributed by atoms with Gasteiger partial charge in [-0.2, -0.15) is 4.31 Å². The van der Waals surface area contributed by atoms with Gasteiger partial charge in [-0.25, -0.2) is 8.42 Å². The zero-order valence-corrected chi connectivity index (χ0v) is 9.72. The summed E-state index contributed by atoms with van der Waals surface area (Å²) in [7, 11) is -2.95. The number of nitrogens with one attached hydrogen (secondary N) is 1. The van der Waals surface area contributed by atoms with E-state index in [1.807, 2.05) is 0 Å². The van der Waals surface area contributed by atoms with Gasteiger partial charge in [0, 0.05) is 24.5 Å². The fraction of sp³-hybridized carbons (Fsp3) is 1.00. The smallest absolute Gasteiger partial charge is 0.215 e. The fourth-order valence-electron chi connectivity index (χ4n) is 3.03. The van der Waals surface area contributed by atoms with Crippen LogP contribution in [0.25, 0.3) is 0 Å². The molecule has 2 aliphatic heterocycles. The second-order valence-corrected chi connectivity index (χ2v) is 7.23. The Labute approximate surface area is 91.1 Å². The topological polar surface area (TPSA) is 49.4 Å². The summed E-state index contributed by atoms with van der Waals surface area (Å²) in [6.07, 6.45) is 4.36. The van der Waals surface area contributed by atoms with Crippen molar-refractivity contribution in [2.75, 3.05) is 25.4 Å². The lowest BCUT2D eigenvalue weighted by Crippen LogP contribution is -2.42. The lowest BCUT2D eigenvalue weighted by molar-refractivity contribution is 0.191. The van der Waals surface area contributed by atoms with E-state index in [4.69, 9.17) is 0 Å². The van der Waals surface area contributed by atoms with Crippen LogP contribution in [0.5, 0.6) is 0 Å². The molecular weight excluding hydrogens is 212 g/mol. The van der Waals surface area contributed by atoms with Crippen LogP contribution in [0.4, 0.5) is 0 Å². The van der Waals surface area contributed by atoms with Gasteiger partial charge >= 0.3 is 0 Å². The molecule has 0 amide bonds. The zero-order chi connectivity index (χ0) is 10.5. The maximum atomic E-state index is 12.1. The minimum absolute atomic E-state index is 0.0361. The zero-order valence-electron chi connectivity index (χ0n) is 8.91. The maximum Gasteiger partial charge on any atom is 0.215 e. The van der Waals surface area contributed by atoms with Crippen molar-refractivity contribution < 1.29 is 8.42 Å². The summed E-state index contributed by atoms with van der Waals surface area (Å²) in [5.41, 5.74) is 0.0361. The van der Waals surface area contributed by atoms with E-state index in [1.54, 1.807) is 4.31 Å². The number of hydrogen-bond acceptors (Lipinski definition) is 3. The van der Waals surface area contributed by atoms with Crippen LogP contribution >= 0.6 is 0 Å². The van der Waals surface area contributed by atoms with Crippen molar-refractivity contribution in [3.05, 3.63) is 0 Å². The Balaban J connectivity index is 1.84. The Morgan fingerprint density at radius 1 is 1.33 bits per heavy atom. The lowest BCUT2D eigenvalue weighted by atomic mass is 9.87. The molecule has 0 aromatic carbocycles. The van der Waals surface area contributed by atoms with Gasteiger partial charge in [-0.15, -0.1) is 0 Å². The predicted molar refractivity (Wildman–Crippen MR) is 58.1 cm³/mol. The SMILES string of the molecule is O=S1(=O)CC2(CCNC2)CN1C1CCC1. The molecule has 3 fully saturated rings. The van der Waals surface area contributed by atoms with Crippen LogP contribution in [0.1, 0.15) is 25.7 Å². The Kier molecular flexibility index (Phi) is 2.13. The van der Waals surface area contributed by atoms with Crippen LogP contribution in [-0.2, 0) is 10.0 Å². The van der Waals surface area contributed by atoms with Crippen LogP contribution in [-0.4, -0.2) is 44.2 Å². The van der Waals surface area contributed by atoms with E-state index in [9.17, 15) is 8.42 Å². The minimum Gasteiger partial charge on any atom is -0.316 e. The molecule has 86 valence electrons. The first-order valence-electron chi connectivity index (χ1n) is 5.82. The van der Waals surface area contributed by atoms with E-state index < -0.39 is 10.0 Å². The van der Waals surface area contributed by atoms with E-state index >= 15 is 0 Å². The summed E-state index contributed by atoms with van der Waals surface area (Å²) >= 11 is 0. The Morgan fingerprint density at radius 2 is 2.13 bits per heavy atom. The molecule has 15 heavy (non-hydrogen) atoms. The third kappa shape index (κ3) is 1.52. The van der Waals surface area contributed by atoms with E-state index in [-0.39, 0.29) is 5.41 Å².